The molecule has 1 heterocycles. The highest BCUT2D eigenvalue weighted by Crippen LogP contribution is 2.17. The summed E-state index contributed by atoms with van der Waals surface area (Å²) in [5.74, 6) is -0.202. The number of rotatable bonds is 6. The first-order chi connectivity index (χ1) is 9.28. The number of aryl methyl sites for hydroxylation is 1. The Hall–Kier alpha value is -1.88. The molecule has 0 bridgehead atoms. The number of benzene rings is 1. The summed E-state index contributed by atoms with van der Waals surface area (Å²) in [6.45, 7) is 0.755. The molecule has 0 spiro atoms. The molecule has 0 unspecified atom stereocenters. The number of ether oxygens (including phenoxy) is 1. The Morgan fingerprint density at radius 2 is 2.16 bits per heavy atom. The Kier molecular flexibility index (Phi) is 4.92. The van der Waals surface area contributed by atoms with E-state index in [0.717, 1.165) is 17.4 Å². The maximum Gasteiger partial charge on any atom is 0.305 e. The third-order valence-corrected chi connectivity index (χ3v) is 3.50. The van der Waals surface area contributed by atoms with Crippen LogP contribution in [0.5, 0.6) is 0 Å². The monoisotopic (exact) mass is 276 g/mol. The Morgan fingerprint density at radius 1 is 1.37 bits per heavy atom. The number of nitrogens with one attached hydrogen (secondary N) is 1. The molecule has 19 heavy (non-hydrogen) atoms. The first-order valence-corrected chi connectivity index (χ1v) is 6.95. The van der Waals surface area contributed by atoms with Gasteiger partial charge in [0.2, 0.25) is 0 Å². The van der Waals surface area contributed by atoms with Crippen molar-refractivity contribution in [2.75, 3.05) is 12.4 Å². The van der Waals surface area contributed by atoms with Gasteiger partial charge in [-0.2, -0.15) is 0 Å². The highest BCUT2D eigenvalue weighted by atomic mass is 32.1. The zero-order chi connectivity index (χ0) is 13.5. The van der Waals surface area contributed by atoms with Crippen LogP contribution < -0.4 is 5.32 Å². The molecule has 0 atom stereocenters. The van der Waals surface area contributed by atoms with Gasteiger partial charge in [0.15, 0.2) is 5.13 Å². The summed E-state index contributed by atoms with van der Waals surface area (Å²) >= 11 is 1.55. The van der Waals surface area contributed by atoms with E-state index in [1.54, 1.807) is 11.3 Å². The number of carbonyl (C=O) groups excluding carboxylic acids is 1. The molecule has 0 saturated carbocycles. The lowest BCUT2D eigenvalue weighted by molar-refractivity contribution is -0.140. The van der Waals surface area contributed by atoms with Crippen molar-refractivity contribution in [2.24, 2.45) is 0 Å². The van der Waals surface area contributed by atoms with Gasteiger partial charge in [-0.1, -0.05) is 30.3 Å². The molecule has 0 aliphatic rings. The fourth-order valence-corrected chi connectivity index (χ4v) is 2.35. The molecule has 1 aromatic carbocycles. The quantitative estimate of drug-likeness (QED) is 0.824. The molecule has 1 N–H and O–H groups in total. The van der Waals surface area contributed by atoms with Crippen molar-refractivity contribution >= 4 is 22.4 Å². The van der Waals surface area contributed by atoms with Crippen LogP contribution in [0.3, 0.4) is 0 Å². The molecule has 0 aliphatic heterocycles. The second-order valence-electron chi connectivity index (χ2n) is 4.06. The summed E-state index contributed by atoms with van der Waals surface area (Å²) in [6, 6.07) is 10.2. The molecule has 0 saturated heterocycles. The second-order valence-corrected chi connectivity index (χ2v) is 4.92. The number of hydrogen-bond acceptors (Lipinski definition) is 5. The lowest BCUT2D eigenvalue weighted by Gasteiger charge is -2.02. The van der Waals surface area contributed by atoms with E-state index in [1.807, 2.05) is 23.6 Å². The van der Waals surface area contributed by atoms with Gasteiger partial charge in [-0.05, 0) is 5.56 Å². The third kappa shape index (κ3) is 4.37. The van der Waals surface area contributed by atoms with Gasteiger partial charge >= 0.3 is 5.97 Å². The van der Waals surface area contributed by atoms with Gasteiger partial charge in [0.1, 0.15) is 0 Å². The van der Waals surface area contributed by atoms with Crippen LogP contribution in [0.15, 0.2) is 35.7 Å². The topological polar surface area (TPSA) is 51.2 Å². The Morgan fingerprint density at radius 3 is 2.89 bits per heavy atom. The van der Waals surface area contributed by atoms with Crippen molar-refractivity contribution in [1.29, 1.82) is 0 Å². The van der Waals surface area contributed by atoms with Gasteiger partial charge in [-0.3, -0.25) is 4.79 Å². The van der Waals surface area contributed by atoms with E-state index in [4.69, 9.17) is 0 Å². The normalized spacial score (nSPS) is 10.2. The van der Waals surface area contributed by atoms with Crippen LogP contribution in [0, 0.1) is 0 Å². The summed E-state index contributed by atoms with van der Waals surface area (Å²) < 4.78 is 4.61. The minimum atomic E-state index is -0.202. The standard InChI is InChI=1S/C14H16N2O2S/c1-18-13(17)8-7-12-10-19-14(16-12)15-9-11-5-3-2-4-6-11/h2-6,10H,7-9H2,1H3,(H,15,16). The minimum absolute atomic E-state index is 0.202. The average molecular weight is 276 g/mol. The lowest BCUT2D eigenvalue weighted by atomic mass is 10.2. The molecule has 5 heteroatoms. The zero-order valence-corrected chi connectivity index (χ0v) is 11.6. The highest BCUT2D eigenvalue weighted by Gasteiger charge is 2.05. The van der Waals surface area contributed by atoms with E-state index in [0.29, 0.717) is 12.8 Å². The van der Waals surface area contributed by atoms with E-state index in [2.05, 4.69) is 27.2 Å². The maximum absolute atomic E-state index is 11.0. The molecule has 2 rings (SSSR count). The van der Waals surface area contributed by atoms with Crippen LogP contribution in [-0.2, 0) is 22.5 Å². The van der Waals surface area contributed by atoms with Crippen molar-refractivity contribution < 1.29 is 9.53 Å². The van der Waals surface area contributed by atoms with E-state index in [1.165, 1.54) is 12.7 Å². The number of anilines is 1. The summed E-state index contributed by atoms with van der Waals surface area (Å²) in [4.78, 5) is 15.5. The van der Waals surface area contributed by atoms with Crippen molar-refractivity contribution in [1.82, 2.24) is 4.98 Å². The molecule has 4 nitrogen and oxygen atoms in total. The summed E-state index contributed by atoms with van der Waals surface area (Å²) in [7, 11) is 1.40. The molecule has 100 valence electrons. The number of carbonyl (C=O) groups is 1. The average Bonchev–Trinajstić information content (AvgIpc) is 2.91. The van der Waals surface area contributed by atoms with Crippen molar-refractivity contribution in [2.45, 2.75) is 19.4 Å². The van der Waals surface area contributed by atoms with E-state index in [-0.39, 0.29) is 5.97 Å². The van der Waals surface area contributed by atoms with E-state index >= 15 is 0 Å². The molecular formula is C14H16N2O2S. The Balaban J connectivity index is 1.82. The fourth-order valence-electron chi connectivity index (χ4n) is 1.61. The van der Waals surface area contributed by atoms with Crippen LogP contribution in [0.2, 0.25) is 0 Å². The zero-order valence-electron chi connectivity index (χ0n) is 10.8. The largest absolute Gasteiger partial charge is 0.469 e. The lowest BCUT2D eigenvalue weighted by Crippen LogP contribution is -2.02. The van der Waals surface area contributed by atoms with Gasteiger partial charge in [0.25, 0.3) is 0 Å². The van der Waals surface area contributed by atoms with Crippen LogP contribution in [-0.4, -0.2) is 18.1 Å². The van der Waals surface area contributed by atoms with Crippen molar-refractivity contribution in [3.63, 3.8) is 0 Å². The van der Waals surface area contributed by atoms with Gasteiger partial charge < -0.3 is 10.1 Å². The highest BCUT2D eigenvalue weighted by molar-refractivity contribution is 7.13. The van der Waals surface area contributed by atoms with Crippen LogP contribution in [0.4, 0.5) is 5.13 Å². The van der Waals surface area contributed by atoms with Crippen LogP contribution in [0.25, 0.3) is 0 Å². The SMILES string of the molecule is COC(=O)CCc1csc(NCc2ccccc2)n1. The number of hydrogen-bond donors (Lipinski definition) is 1. The maximum atomic E-state index is 11.0. The molecular weight excluding hydrogens is 260 g/mol. The molecule has 0 amide bonds. The summed E-state index contributed by atoms with van der Waals surface area (Å²) in [5, 5.41) is 6.12. The van der Waals surface area contributed by atoms with Crippen LogP contribution >= 0.6 is 11.3 Å². The predicted octanol–water partition coefficient (Wildman–Crippen LogP) is 2.86. The number of thiazole rings is 1. The third-order valence-electron chi connectivity index (χ3n) is 2.65. The minimum Gasteiger partial charge on any atom is -0.469 e. The second kappa shape index (κ2) is 6.89. The molecule has 0 radical (unpaired) electrons. The van der Waals surface area contributed by atoms with Crippen LogP contribution in [0.1, 0.15) is 17.7 Å². The molecule has 0 fully saturated rings. The Bertz CT molecular complexity index is 525. The van der Waals surface area contributed by atoms with Crippen molar-refractivity contribution in [3.05, 3.63) is 47.0 Å². The summed E-state index contributed by atoms with van der Waals surface area (Å²) in [6.07, 6.45) is 0.995. The van der Waals surface area contributed by atoms with E-state index < -0.39 is 0 Å². The number of nitrogens with zero attached hydrogens (tertiary/aromatic N) is 1. The van der Waals surface area contributed by atoms with Crippen molar-refractivity contribution in [3.8, 4) is 0 Å². The van der Waals surface area contributed by atoms with Gasteiger partial charge in [0, 0.05) is 18.3 Å². The molecule has 2 aromatic rings. The number of methoxy groups -OCH3 is 1. The number of esters is 1. The Labute approximate surface area is 116 Å². The summed E-state index contributed by atoms with van der Waals surface area (Å²) in [5.41, 5.74) is 2.14. The predicted molar refractivity (Wildman–Crippen MR) is 76.2 cm³/mol. The fraction of sp³-hybridized carbons (Fsp3) is 0.286. The van der Waals surface area contributed by atoms with Gasteiger partial charge in [0.05, 0.1) is 19.2 Å². The molecule has 1 aromatic heterocycles. The van der Waals surface area contributed by atoms with Gasteiger partial charge in [-0.15, -0.1) is 11.3 Å². The molecule has 0 aliphatic carbocycles. The first-order valence-electron chi connectivity index (χ1n) is 6.07. The van der Waals surface area contributed by atoms with E-state index in [9.17, 15) is 4.79 Å². The first kappa shape index (κ1) is 13.5. The number of aromatic nitrogens is 1. The smallest absolute Gasteiger partial charge is 0.305 e. The van der Waals surface area contributed by atoms with Gasteiger partial charge in [-0.25, -0.2) is 4.98 Å².